The largest absolute Gasteiger partial charge is 0.443 e. The molecule has 0 saturated heterocycles. The SMILES string of the molecule is CC(C)(C)OC(=O)N1C=CC=C(C[NH3+])C1. The molecule has 1 rings (SSSR count). The fraction of sp³-hybridized carbons (Fsp3) is 0.545. The molecule has 4 heteroatoms. The first-order valence-electron chi connectivity index (χ1n) is 5.07. The maximum absolute atomic E-state index is 11.7. The molecular weight excluding hydrogens is 192 g/mol. The third-order valence-corrected chi connectivity index (χ3v) is 1.92. The van der Waals surface area contributed by atoms with Gasteiger partial charge in [0, 0.05) is 11.8 Å². The zero-order chi connectivity index (χ0) is 11.5. The van der Waals surface area contributed by atoms with Crippen molar-refractivity contribution in [3.8, 4) is 0 Å². The maximum Gasteiger partial charge on any atom is 0.414 e. The quantitative estimate of drug-likeness (QED) is 0.701. The summed E-state index contributed by atoms with van der Waals surface area (Å²) < 4.78 is 5.26. The Balaban J connectivity index is 2.57. The Bertz CT molecular complexity index is 300. The van der Waals surface area contributed by atoms with Crippen LogP contribution in [0.2, 0.25) is 0 Å². The molecule has 0 spiro atoms. The van der Waals surface area contributed by atoms with Crippen molar-refractivity contribution in [1.82, 2.24) is 4.90 Å². The van der Waals surface area contributed by atoms with Crippen molar-refractivity contribution in [2.75, 3.05) is 13.1 Å². The van der Waals surface area contributed by atoms with Crippen LogP contribution < -0.4 is 5.73 Å². The lowest BCUT2D eigenvalue weighted by atomic mass is 10.2. The third kappa shape index (κ3) is 3.75. The average molecular weight is 211 g/mol. The van der Waals surface area contributed by atoms with Crippen LogP contribution in [-0.2, 0) is 4.74 Å². The maximum atomic E-state index is 11.7. The molecule has 0 aromatic rings. The number of hydrogen-bond acceptors (Lipinski definition) is 2. The number of allylic oxidation sites excluding steroid dienone is 2. The van der Waals surface area contributed by atoms with Gasteiger partial charge in [-0.15, -0.1) is 0 Å². The minimum Gasteiger partial charge on any atom is -0.443 e. The van der Waals surface area contributed by atoms with Crippen LogP contribution in [0.5, 0.6) is 0 Å². The van der Waals surface area contributed by atoms with Crippen LogP contribution >= 0.6 is 0 Å². The monoisotopic (exact) mass is 211 g/mol. The first-order valence-corrected chi connectivity index (χ1v) is 5.07. The topological polar surface area (TPSA) is 57.2 Å². The van der Waals surface area contributed by atoms with E-state index in [0.29, 0.717) is 13.1 Å². The van der Waals surface area contributed by atoms with Crippen molar-refractivity contribution in [1.29, 1.82) is 0 Å². The molecule has 1 aliphatic rings. The van der Waals surface area contributed by atoms with E-state index in [0.717, 1.165) is 5.57 Å². The molecule has 0 unspecified atom stereocenters. The summed E-state index contributed by atoms with van der Waals surface area (Å²) >= 11 is 0. The molecular formula is C11H19N2O2+. The van der Waals surface area contributed by atoms with Crippen LogP contribution in [0.4, 0.5) is 4.79 Å². The van der Waals surface area contributed by atoms with Crippen molar-refractivity contribution in [3.05, 3.63) is 23.9 Å². The fourth-order valence-electron chi connectivity index (χ4n) is 1.22. The summed E-state index contributed by atoms with van der Waals surface area (Å²) in [4.78, 5) is 13.2. The van der Waals surface area contributed by atoms with Gasteiger partial charge < -0.3 is 10.5 Å². The van der Waals surface area contributed by atoms with Gasteiger partial charge >= 0.3 is 6.09 Å². The predicted molar refractivity (Wildman–Crippen MR) is 57.9 cm³/mol. The third-order valence-electron chi connectivity index (χ3n) is 1.92. The second-order valence-corrected chi connectivity index (χ2v) is 4.52. The number of carbonyl (C=O) groups is 1. The van der Waals surface area contributed by atoms with Crippen molar-refractivity contribution in [2.45, 2.75) is 26.4 Å². The molecule has 0 aromatic carbocycles. The highest BCUT2D eigenvalue weighted by Crippen LogP contribution is 2.13. The van der Waals surface area contributed by atoms with Gasteiger partial charge in [-0.3, -0.25) is 4.90 Å². The molecule has 0 fully saturated rings. The Morgan fingerprint density at radius 3 is 2.80 bits per heavy atom. The van der Waals surface area contributed by atoms with Gasteiger partial charge in [-0.05, 0) is 26.8 Å². The lowest BCUT2D eigenvalue weighted by Crippen LogP contribution is -2.52. The summed E-state index contributed by atoms with van der Waals surface area (Å²) in [7, 11) is 0. The lowest BCUT2D eigenvalue weighted by molar-refractivity contribution is -0.356. The summed E-state index contributed by atoms with van der Waals surface area (Å²) in [6, 6.07) is 0. The highest BCUT2D eigenvalue weighted by Gasteiger charge is 2.22. The molecule has 3 N–H and O–H groups in total. The second-order valence-electron chi connectivity index (χ2n) is 4.52. The molecule has 0 bridgehead atoms. The highest BCUT2D eigenvalue weighted by atomic mass is 16.6. The van der Waals surface area contributed by atoms with E-state index in [2.05, 4.69) is 5.73 Å². The van der Waals surface area contributed by atoms with Gasteiger partial charge in [0.15, 0.2) is 0 Å². The minimum atomic E-state index is -0.448. The zero-order valence-corrected chi connectivity index (χ0v) is 9.62. The molecule has 15 heavy (non-hydrogen) atoms. The summed E-state index contributed by atoms with van der Waals surface area (Å²) in [6.07, 6.45) is 5.24. The molecule has 84 valence electrons. The van der Waals surface area contributed by atoms with Crippen molar-refractivity contribution >= 4 is 6.09 Å². The molecule has 0 radical (unpaired) electrons. The standard InChI is InChI=1S/C11H18N2O2/c1-11(2,3)15-10(14)13-6-4-5-9(7-12)8-13/h4-6H,7-8,12H2,1-3H3/p+1. The van der Waals surface area contributed by atoms with Gasteiger partial charge in [-0.2, -0.15) is 0 Å². The van der Waals surface area contributed by atoms with Crippen molar-refractivity contribution in [2.24, 2.45) is 0 Å². The smallest absolute Gasteiger partial charge is 0.414 e. The van der Waals surface area contributed by atoms with E-state index >= 15 is 0 Å². The van der Waals surface area contributed by atoms with Crippen LogP contribution in [0.1, 0.15) is 20.8 Å². The molecule has 0 saturated carbocycles. The molecule has 1 heterocycles. The van der Waals surface area contributed by atoms with Gasteiger partial charge in [0.1, 0.15) is 5.60 Å². The van der Waals surface area contributed by atoms with E-state index in [1.807, 2.05) is 32.9 Å². The minimum absolute atomic E-state index is 0.308. The summed E-state index contributed by atoms with van der Waals surface area (Å²) in [5.41, 5.74) is 4.48. The molecule has 1 amide bonds. The van der Waals surface area contributed by atoms with Crippen molar-refractivity contribution in [3.63, 3.8) is 0 Å². The van der Waals surface area contributed by atoms with E-state index in [-0.39, 0.29) is 6.09 Å². The number of hydrogen-bond donors (Lipinski definition) is 1. The second kappa shape index (κ2) is 4.49. The Morgan fingerprint density at radius 2 is 2.27 bits per heavy atom. The number of rotatable bonds is 1. The molecule has 4 nitrogen and oxygen atoms in total. The van der Waals surface area contributed by atoms with Crippen LogP contribution in [0.25, 0.3) is 0 Å². The van der Waals surface area contributed by atoms with Gasteiger partial charge in [0.05, 0.1) is 13.1 Å². The van der Waals surface area contributed by atoms with Crippen LogP contribution in [0.3, 0.4) is 0 Å². The van der Waals surface area contributed by atoms with Gasteiger partial charge in [-0.25, -0.2) is 4.79 Å². The Hall–Kier alpha value is -1.29. The summed E-state index contributed by atoms with van der Waals surface area (Å²) in [5, 5.41) is 0. The van der Waals surface area contributed by atoms with E-state index in [1.54, 1.807) is 11.1 Å². The number of ether oxygens (including phenoxy) is 1. The van der Waals surface area contributed by atoms with Crippen LogP contribution in [-0.4, -0.2) is 29.7 Å². The van der Waals surface area contributed by atoms with E-state index < -0.39 is 5.60 Å². The normalized spacial score (nSPS) is 16.3. The van der Waals surface area contributed by atoms with E-state index in [9.17, 15) is 4.79 Å². The molecule has 0 aliphatic carbocycles. The number of amides is 1. The predicted octanol–water partition coefficient (Wildman–Crippen LogP) is 0.919. The van der Waals surface area contributed by atoms with Gasteiger partial charge in [0.2, 0.25) is 0 Å². The Kier molecular flexibility index (Phi) is 3.52. The van der Waals surface area contributed by atoms with E-state index in [1.165, 1.54) is 0 Å². The van der Waals surface area contributed by atoms with Gasteiger partial charge in [0.25, 0.3) is 0 Å². The van der Waals surface area contributed by atoms with Crippen molar-refractivity contribution < 1.29 is 15.3 Å². The Labute approximate surface area is 90.4 Å². The molecule has 1 aliphatic heterocycles. The number of quaternary nitrogens is 1. The molecule has 0 atom stereocenters. The lowest BCUT2D eigenvalue weighted by Gasteiger charge is -2.26. The first kappa shape index (κ1) is 11.8. The number of carbonyl (C=O) groups excluding carboxylic acids is 1. The summed E-state index contributed by atoms with van der Waals surface area (Å²) in [6.45, 7) is 6.86. The van der Waals surface area contributed by atoms with Gasteiger partial charge in [-0.1, -0.05) is 6.08 Å². The number of nitrogens with zero attached hydrogens (tertiary/aromatic N) is 1. The Morgan fingerprint density at radius 1 is 1.60 bits per heavy atom. The van der Waals surface area contributed by atoms with Crippen LogP contribution in [0.15, 0.2) is 23.9 Å². The molecule has 0 aromatic heterocycles. The highest BCUT2D eigenvalue weighted by molar-refractivity contribution is 5.70. The van der Waals surface area contributed by atoms with Crippen LogP contribution in [0, 0.1) is 0 Å². The van der Waals surface area contributed by atoms with E-state index in [4.69, 9.17) is 4.74 Å². The summed E-state index contributed by atoms with van der Waals surface area (Å²) in [5.74, 6) is 0. The fourth-order valence-corrected chi connectivity index (χ4v) is 1.22. The first-order chi connectivity index (χ1) is 6.92. The zero-order valence-electron chi connectivity index (χ0n) is 9.62. The average Bonchev–Trinajstić information content (AvgIpc) is 2.15.